The number of aromatic nitrogens is 2. The van der Waals surface area contributed by atoms with Gasteiger partial charge in [-0.25, -0.2) is 0 Å². The van der Waals surface area contributed by atoms with Crippen LogP contribution in [0.2, 0.25) is 0 Å². The number of hydrogen-bond acceptors (Lipinski definition) is 5. The Labute approximate surface area is 89.0 Å². The molecule has 0 saturated carbocycles. The summed E-state index contributed by atoms with van der Waals surface area (Å²) in [7, 11) is 0. The highest BCUT2D eigenvalue weighted by atomic mass is 16.5. The van der Waals surface area contributed by atoms with Crippen LogP contribution in [-0.4, -0.2) is 22.9 Å². The van der Waals surface area contributed by atoms with Crippen molar-refractivity contribution in [2.24, 2.45) is 5.73 Å². The zero-order valence-corrected chi connectivity index (χ0v) is 9.14. The van der Waals surface area contributed by atoms with Gasteiger partial charge >= 0.3 is 0 Å². The third kappa shape index (κ3) is 2.03. The van der Waals surface area contributed by atoms with Gasteiger partial charge in [-0.15, -0.1) is 0 Å². The van der Waals surface area contributed by atoms with Gasteiger partial charge in [0.05, 0.1) is 18.1 Å². The maximum atomic E-state index is 5.82. The normalized spacial score (nSPS) is 28.2. The van der Waals surface area contributed by atoms with E-state index in [1.54, 1.807) is 0 Å². The Morgan fingerprint density at radius 3 is 3.00 bits per heavy atom. The molecule has 3 unspecified atom stereocenters. The molecule has 84 valence electrons. The van der Waals surface area contributed by atoms with Crippen LogP contribution < -0.4 is 5.73 Å². The summed E-state index contributed by atoms with van der Waals surface area (Å²) in [6, 6.07) is -0.125. The first-order valence-corrected chi connectivity index (χ1v) is 5.43. The average molecular weight is 211 g/mol. The molecule has 2 rings (SSSR count). The predicted molar refractivity (Wildman–Crippen MR) is 54.3 cm³/mol. The smallest absolute Gasteiger partial charge is 0.232 e. The fourth-order valence-corrected chi connectivity index (χ4v) is 1.79. The van der Waals surface area contributed by atoms with E-state index in [0.29, 0.717) is 11.7 Å². The molecule has 0 bridgehead atoms. The SMILES string of the molecule is CCC(N)c1noc(C2CCOC2C)n1. The lowest BCUT2D eigenvalue weighted by Crippen LogP contribution is -2.12. The Hall–Kier alpha value is -0.940. The van der Waals surface area contributed by atoms with E-state index < -0.39 is 0 Å². The molecule has 3 atom stereocenters. The highest BCUT2D eigenvalue weighted by Gasteiger charge is 2.31. The molecule has 2 N–H and O–H groups in total. The van der Waals surface area contributed by atoms with Gasteiger partial charge in [0.1, 0.15) is 0 Å². The van der Waals surface area contributed by atoms with Crippen LogP contribution >= 0.6 is 0 Å². The molecule has 15 heavy (non-hydrogen) atoms. The second kappa shape index (κ2) is 4.28. The second-order valence-electron chi connectivity index (χ2n) is 3.98. The lowest BCUT2D eigenvalue weighted by Gasteiger charge is -2.07. The lowest BCUT2D eigenvalue weighted by atomic mass is 10.0. The van der Waals surface area contributed by atoms with E-state index in [-0.39, 0.29) is 18.1 Å². The Morgan fingerprint density at radius 2 is 2.40 bits per heavy atom. The van der Waals surface area contributed by atoms with Crippen molar-refractivity contribution in [3.8, 4) is 0 Å². The van der Waals surface area contributed by atoms with Crippen LogP contribution in [0.25, 0.3) is 0 Å². The van der Waals surface area contributed by atoms with Crippen LogP contribution in [0.3, 0.4) is 0 Å². The molecule has 2 heterocycles. The van der Waals surface area contributed by atoms with Crippen molar-refractivity contribution in [2.75, 3.05) is 6.61 Å². The van der Waals surface area contributed by atoms with Crippen molar-refractivity contribution >= 4 is 0 Å². The molecule has 1 aromatic rings. The second-order valence-corrected chi connectivity index (χ2v) is 3.98. The van der Waals surface area contributed by atoms with E-state index in [1.807, 2.05) is 13.8 Å². The predicted octanol–water partition coefficient (Wildman–Crippen LogP) is 1.37. The van der Waals surface area contributed by atoms with E-state index >= 15 is 0 Å². The Balaban J connectivity index is 2.12. The monoisotopic (exact) mass is 211 g/mol. The molecule has 1 aliphatic rings. The lowest BCUT2D eigenvalue weighted by molar-refractivity contribution is 0.113. The fourth-order valence-electron chi connectivity index (χ4n) is 1.79. The molecule has 0 spiro atoms. The highest BCUT2D eigenvalue weighted by molar-refractivity contribution is 5.01. The summed E-state index contributed by atoms with van der Waals surface area (Å²) < 4.78 is 10.7. The molecule has 0 radical (unpaired) electrons. The standard InChI is InChI=1S/C10H17N3O2/c1-3-8(11)9-12-10(15-13-9)7-4-5-14-6(7)2/h6-8H,3-5,11H2,1-2H3. The fraction of sp³-hybridized carbons (Fsp3) is 0.800. The molecule has 1 saturated heterocycles. The summed E-state index contributed by atoms with van der Waals surface area (Å²) in [6.45, 7) is 4.80. The van der Waals surface area contributed by atoms with E-state index in [1.165, 1.54) is 0 Å². The molecule has 1 aliphatic heterocycles. The molecule has 5 nitrogen and oxygen atoms in total. The molecule has 0 aliphatic carbocycles. The Kier molecular flexibility index (Phi) is 3.02. The Morgan fingerprint density at radius 1 is 1.60 bits per heavy atom. The average Bonchev–Trinajstić information content (AvgIpc) is 2.84. The minimum absolute atomic E-state index is 0.125. The van der Waals surface area contributed by atoms with Crippen molar-refractivity contribution in [3.63, 3.8) is 0 Å². The molecular formula is C10H17N3O2. The van der Waals surface area contributed by atoms with Crippen molar-refractivity contribution in [1.82, 2.24) is 10.1 Å². The maximum Gasteiger partial charge on any atom is 0.232 e. The van der Waals surface area contributed by atoms with Crippen molar-refractivity contribution in [3.05, 3.63) is 11.7 Å². The van der Waals surface area contributed by atoms with Crippen molar-refractivity contribution in [1.29, 1.82) is 0 Å². The van der Waals surface area contributed by atoms with Gasteiger partial charge < -0.3 is 15.0 Å². The molecule has 1 fully saturated rings. The Bertz CT molecular complexity index is 326. The van der Waals surface area contributed by atoms with Crippen molar-refractivity contribution < 1.29 is 9.26 Å². The minimum Gasteiger partial charge on any atom is -0.378 e. The number of nitrogens with zero attached hydrogens (tertiary/aromatic N) is 2. The van der Waals surface area contributed by atoms with Gasteiger partial charge in [0.25, 0.3) is 0 Å². The van der Waals surface area contributed by atoms with Crippen LogP contribution in [0.1, 0.15) is 50.4 Å². The molecular weight excluding hydrogens is 194 g/mol. The van der Waals surface area contributed by atoms with Gasteiger partial charge in [0.2, 0.25) is 5.89 Å². The number of nitrogens with two attached hydrogens (primary N) is 1. The van der Waals surface area contributed by atoms with Gasteiger partial charge in [0, 0.05) is 6.61 Å². The van der Waals surface area contributed by atoms with Crippen LogP contribution in [0.4, 0.5) is 0 Å². The van der Waals surface area contributed by atoms with E-state index in [0.717, 1.165) is 19.4 Å². The summed E-state index contributed by atoms with van der Waals surface area (Å²) >= 11 is 0. The number of ether oxygens (including phenoxy) is 1. The topological polar surface area (TPSA) is 74.2 Å². The molecule has 0 amide bonds. The number of rotatable bonds is 3. The third-order valence-electron chi connectivity index (χ3n) is 2.92. The number of hydrogen-bond donors (Lipinski definition) is 1. The first kappa shape index (κ1) is 10.6. The summed E-state index contributed by atoms with van der Waals surface area (Å²) in [4.78, 5) is 4.33. The maximum absolute atomic E-state index is 5.82. The van der Waals surface area contributed by atoms with E-state index in [4.69, 9.17) is 15.0 Å². The first-order chi connectivity index (χ1) is 7.22. The zero-order valence-electron chi connectivity index (χ0n) is 9.14. The van der Waals surface area contributed by atoms with E-state index in [2.05, 4.69) is 10.1 Å². The molecule has 1 aromatic heterocycles. The molecule has 5 heteroatoms. The van der Waals surface area contributed by atoms with E-state index in [9.17, 15) is 0 Å². The van der Waals surface area contributed by atoms with Gasteiger partial charge in [0.15, 0.2) is 5.82 Å². The van der Waals surface area contributed by atoms with Crippen LogP contribution in [0, 0.1) is 0 Å². The van der Waals surface area contributed by atoms with Crippen LogP contribution in [0.5, 0.6) is 0 Å². The summed E-state index contributed by atoms with van der Waals surface area (Å²) in [5.41, 5.74) is 5.82. The molecule has 0 aromatic carbocycles. The summed E-state index contributed by atoms with van der Waals surface area (Å²) in [6.07, 6.45) is 1.93. The summed E-state index contributed by atoms with van der Waals surface area (Å²) in [5.74, 6) is 1.50. The minimum atomic E-state index is -0.125. The van der Waals surface area contributed by atoms with Crippen LogP contribution in [0.15, 0.2) is 4.52 Å². The largest absolute Gasteiger partial charge is 0.378 e. The first-order valence-electron chi connectivity index (χ1n) is 5.43. The van der Waals surface area contributed by atoms with Gasteiger partial charge in [-0.2, -0.15) is 4.98 Å². The van der Waals surface area contributed by atoms with Crippen LogP contribution in [-0.2, 0) is 4.74 Å². The van der Waals surface area contributed by atoms with Crippen molar-refractivity contribution in [2.45, 2.75) is 44.8 Å². The zero-order chi connectivity index (χ0) is 10.8. The third-order valence-corrected chi connectivity index (χ3v) is 2.92. The van der Waals surface area contributed by atoms with Gasteiger partial charge in [-0.05, 0) is 19.8 Å². The highest BCUT2D eigenvalue weighted by Crippen LogP contribution is 2.30. The van der Waals surface area contributed by atoms with Gasteiger partial charge in [-0.1, -0.05) is 12.1 Å². The quantitative estimate of drug-likeness (QED) is 0.817. The van der Waals surface area contributed by atoms with Gasteiger partial charge in [-0.3, -0.25) is 0 Å². The summed E-state index contributed by atoms with van der Waals surface area (Å²) in [5, 5.41) is 3.90.